The van der Waals surface area contributed by atoms with Gasteiger partial charge in [-0.2, -0.15) is 0 Å². The molecule has 0 bridgehead atoms. The van der Waals surface area contributed by atoms with Crippen molar-refractivity contribution >= 4 is 0 Å². The Hall–Kier alpha value is -2.41. The van der Waals surface area contributed by atoms with Crippen molar-refractivity contribution in [3.05, 3.63) is 77.5 Å². The maximum absolute atomic E-state index is 4.74. The van der Waals surface area contributed by atoms with Gasteiger partial charge in [-0.05, 0) is 54.5 Å². The second-order valence-electron chi connectivity index (χ2n) is 7.01. The molecular formula is C23H25N. The van der Waals surface area contributed by atoms with E-state index in [1.54, 1.807) is 0 Å². The van der Waals surface area contributed by atoms with Crippen LogP contribution in [0.3, 0.4) is 0 Å². The summed E-state index contributed by atoms with van der Waals surface area (Å²) in [4.78, 5) is 4.74. The maximum atomic E-state index is 4.74. The van der Waals surface area contributed by atoms with E-state index in [0.29, 0.717) is 5.92 Å². The zero-order chi connectivity index (χ0) is 17.1. The molecule has 3 rings (SSSR count). The number of aromatic nitrogens is 1. The summed E-state index contributed by atoms with van der Waals surface area (Å²) in [6, 6.07) is 19.4. The molecule has 0 saturated heterocycles. The van der Waals surface area contributed by atoms with Gasteiger partial charge in [0.15, 0.2) is 0 Å². The van der Waals surface area contributed by atoms with Crippen molar-refractivity contribution in [3.63, 3.8) is 0 Å². The highest BCUT2D eigenvalue weighted by Crippen LogP contribution is 2.32. The lowest BCUT2D eigenvalue weighted by molar-refractivity contribution is 0.646. The fourth-order valence-electron chi connectivity index (χ4n) is 3.22. The standard InChI is InChI=1S/C23H25N/c1-16(2)12-20-15-24-23(19-8-6-5-7-9-19)14-22(20)21-11-10-17(3)13-18(21)4/h5-11,13-16H,12H2,1-4H3. The molecular weight excluding hydrogens is 290 g/mol. The zero-order valence-electron chi connectivity index (χ0n) is 15.0. The van der Waals surface area contributed by atoms with Crippen LogP contribution in [0.4, 0.5) is 0 Å². The number of aryl methyl sites for hydroxylation is 2. The number of pyridine rings is 1. The topological polar surface area (TPSA) is 12.9 Å². The largest absolute Gasteiger partial charge is 0.256 e. The smallest absolute Gasteiger partial charge is 0.0708 e. The van der Waals surface area contributed by atoms with E-state index in [9.17, 15) is 0 Å². The molecule has 1 aromatic heterocycles. The SMILES string of the molecule is Cc1ccc(-c2cc(-c3ccccc3)ncc2CC(C)C)c(C)c1. The highest BCUT2D eigenvalue weighted by molar-refractivity contribution is 5.75. The summed E-state index contributed by atoms with van der Waals surface area (Å²) in [5.41, 5.74) is 8.80. The number of rotatable bonds is 4. The summed E-state index contributed by atoms with van der Waals surface area (Å²) in [6.45, 7) is 8.87. The van der Waals surface area contributed by atoms with E-state index < -0.39 is 0 Å². The van der Waals surface area contributed by atoms with E-state index in [-0.39, 0.29) is 0 Å². The summed E-state index contributed by atoms with van der Waals surface area (Å²) in [5.74, 6) is 0.610. The van der Waals surface area contributed by atoms with Crippen molar-refractivity contribution < 1.29 is 0 Å². The summed E-state index contributed by atoms with van der Waals surface area (Å²) in [5, 5.41) is 0. The van der Waals surface area contributed by atoms with Gasteiger partial charge in [0.25, 0.3) is 0 Å². The van der Waals surface area contributed by atoms with Crippen LogP contribution in [0.25, 0.3) is 22.4 Å². The maximum Gasteiger partial charge on any atom is 0.0708 e. The Kier molecular flexibility index (Phi) is 4.80. The molecule has 0 aliphatic carbocycles. The van der Waals surface area contributed by atoms with Gasteiger partial charge in [-0.3, -0.25) is 4.98 Å². The van der Waals surface area contributed by atoms with Gasteiger partial charge in [0.2, 0.25) is 0 Å². The summed E-state index contributed by atoms with van der Waals surface area (Å²) >= 11 is 0. The predicted octanol–water partition coefficient (Wildman–Crippen LogP) is 6.23. The molecule has 0 aliphatic heterocycles. The van der Waals surface area contributed by atoms with Crippen molar-refractivity contribution in [2.75, 3.05) is 0 Å². The van der Waals surface area contributed by atoms with Crippen molar-refractivity contribution in [1.82, 2.24) is 4.98 Å². The molecule has 3 aromatic rings. The van der Waals surface area contributed by atoms with Crippen LogP contribution in [0, 0.1) is 19.8 Å². The van der Waals surface area contributed by atoms with E-state index in [4.69, 9.17) is 4.98 Å². The average molecular weight is 315 g/mol. The molecule has 0 unspecified atom stereocenters. The second-order valence-corrected chi connectivity index (χ2v) is 7.01. The summed E-state index contributed by atoms with van der Waals surface area (Å²) < 4.78 is 0. The minimum absolute atomic E-state index is 0.610. The van der Waals surface area contributed by atoms with Gasteiger partial charge in [0.05, 0.1) is 5.69 Å². The monoisotopic (exact) mass is 315 g/mol. The number of benzene rings is 2. The molecule has 0 spiro atoms. The van der Waals surface area contributed by atoms with Gasteiger partial charge in [-0.1, -0.05) is 67.9 Å². The third-order valence-electron chi connectivity index (χ3n) is 4.36. The van der Waals surface area contributed by atoms with Gasteiger partial charge < -0.3 is 0 Å². The number of hydrogen-bond donors (Lipinski definition) is 0. The third kappa shape index (κ3) is 3.56. The second kappa shape index (κ2) is 7.00. The molecule has 0 aliphatic rings. The molecule has 1 nitrogen and oxygen atoms in total. The van der Waals surface area contributed by atoms with E-state index in [0.717, 1.165) is 12.1 Å². The average Bonchev–Trinajstić information content (AvgIpc) is 2.56. The van der Waals surface area contributed by atoms with Crippen molar-refractivity contribution in [3.8, 4) is 22.4 Å². The van der Waals surface area contributed by atoms with Gasteiger partial charge in [-0.15, -0.1) is 0 Å². The molecule has 0 fully saturated rings. The fourth-order valence-corrected chi connectivity index (χ4v) is 3.22. The Labute approximate surface area is 145 Å². The van der Waals surface area contributed by atoms with E-state index in [2.05, 4.69) is 82.4 Å². The Morgan fingerprint density at radius 3 is 2.29 bits per heavy atom. The summed E-state index contributed by atoms with van der Waals surface area (Å²) in [7, 11) is 0. The molecule has 0 N–H and O–H groups in total. The first-order valence-electron chi connectivity index (χ1n) is 8.66. The van der Waals surface area contributed by atoms with Gasteiger partial charge >= 0.3 is 0 Å². The Bertz CT molecular complexity index is 832. The minimum Gasteiger partial charge on any atom is -0.256 e. The number of nitrogens with zero attached hydrogens (tertiary/aromatic N) is 1. The van der Waals surface area contributed by atoms with Crippen LogP contribution in [-0.2, 0) is 6.42 Å². The molecule has 122 valence electrons. The Morgan fingerprint density at radius 2 is 1.62 bits per heavy atom. The van der Waals surface area contributed by atoms with Gasteiger partial charge in [-0.25, -0.2) is 0 Å². The van der Waals surface area contributed by atoms with Crippen LogP contribution >= 0.6 is 0 Å². The van der Waals surface area contributed by atoms with Crippen LogP contribution < -0.4 is 0 Å². The minimum atomic E-state index is 0.610. The zero-order valence-corrected chi connectivity index (χ0v) is 15.0. The van der Waals surface area contributed by atoms with E-state index in [1.165, 1.54) is 33.4 Å². The van der Waals surface area contributed by atoms with Crippen LogP contribution in [0.1, 0.15) is 30.5 Å². The normalized spacial score (nSPS) is 11.0. The van der Waals surface area contributed by atoms with Gasteiger partial charge in [0, 0.05) is 11.8 Å². The molecule has 1 heteroatoms. The highest BCUT2D eigenvalue weighted by Gasteiger charge is 2.12. The molecule has 24 heavy (non-hydrogen) atoms. The first-order chi connectivity index (χ1) is 11.5. The van der Waals surface area contributed by atoms with Crippen LogP contribution in [0.2, 0.25) is 0 Å². The molecule has 0 saturated carbocycles. The first-order valence-corrected chi connectivity index (χ1v) is 8.66. The lowest BCUT2D eigenvalue weighted by Gasteiger charge is -2.15. The number of hydrogen-bond acceptors (Lipinski definition) is 1. The molecule has 0 amide bonds. The van der Waals surface area contributed by atoms with Crippen molar-refractivity contribution in [2.24, 2.45) is 5.92 Å². The predicted molar refractivity (Wildman–Crippen MR) is 103 cm³/mol. The highest BCUT2D eigenvalue weighted by atomic mass is 14.7. The van der Waals surface area contributed by atoms with Crippen LogP contribution in [-0.4, -0.2) is 4.98 Å². The summed E-state index contributed by atoms with van der Waals surface area (Å²) in [6.07, 6.45) is 3.11. The van der Waals surface area contributed by atoms with Crippen molar-refractivity contribution in [2.45, 2.75) is 34.1 Å². The van der Waals surface area contributed by atoms with Crippen molar-refractivity contribution in [1.29, 1.82) is 0 Å². The molecule has 0 atom stereocenters. The third-order valence-corrected chi connectivity index (χ3v) is 4.36. The fraction of sp³-hybridized carbons (Fsp3) is 0.261. The molecule has 1 heterocycles. The quantitative estimate of drug-likeness (QED) is 0.556. The lowest BCUT2D eigenvalue weighted by atomic mass is 9.91. The van der Waals surface area contributed by atoms with Gasteiger partial charge in [0.1, 0.15) is 0 Å². The molecule has 2 aromatic carbocycles. The Balaban J connectivity index is 2.16. The lowest BCUT2D eigenvalue weighted by Crippen LogP contribution is -2.00. The van der Waals surface area contributed by atoms with Crippen LogP contribution in [0.15, 0.2) is 60.8 Å². The Morgan fingerprint density at radius 1 is 0.875 bits per heavy atom. The molecule has 0 radical (unpaired) electrons. The van der Waals surface area contributed by atoms with E-state index in [1.807, 2.05) is 6.07 Å². The first kappa shape index (κ1) is 16.4. The van der Waals surface area contributed by atoms with E-state index >= 15 is 0 Å². The van der Waals surface area contributed by atoms with Crippen LogP contribution in [0.5, 0.6) is 0 Å².